The molecule has 0 aromatic carbocycles. The molecule has 19 N–H and O–H groups in total. The first-order valence-corrected chi connectivity index (χ1v) is 14.2. The molecule has 4 fully saturated rings. The molecule has 3 heterocycles. The van der Waals surface area contributed by atoms with E-state index in [2.05, 4.69) is 0 Å². The van der Waals surface area contributed by atoms with Crippen molar-refractivity contribution in [1.82, 2.24) is 0 Å². The van der Waals surface area contributed by atoms with Gasteiger partial charge in [-0.15, -0.1) is 0 Å². The Hall–Kier alpha value is -0.720. The highest BCUT2D eigenvalue weighted by Crippen LogP contribution is 2.37. The van der Waals surface area contributed by atoms with Gasteiger partial charge in [0.1, 0.15) is 54.9 Å². The van der Waals surface area contributed by atoms with Gasteiger partial charge in [-0.05, 0) is 12.8 Å². The van der Waals surface area contributed by atoms with Gasteiger partial charge in [0.2, 0.25) is 0 Å². The van der Waals surface area contributed by atoms with Crippen LogP contribution in [0.15, 0.2) is 0 Å². The van der Waals surface area contributed by atoms with Crippen molar-refractivity contribution in [2.24, 2.45) is 40.3 Å². The minimum atomic E-state index is -1.43. The molecule has 0 bridgehead atoms. The lowest BCUT2D eigenvalue weighted by Gasteiger charge is -2.47. The molecule has 0 amide bonds. The highest BCUT2D eigenvalue weighted by molar-refractivity contribution is 5.03. The lowest BCUT2D eigenvalue weighted by Crippen LogP contribution is -2.66. The van der Waals surface area contributed by atoms with Crippen molar-refractivity contribution in [3.8, 4) is 0 Å². The summed E-state index contributed by atoms with van der Waals surface area (Å²) < 4.78 is 29.2. The first-order chi connectivity index (χ1) is 19.8. The predicted molar refractivity (Wildman–Crippen MR) is 142 cm³/mol. The van der Waals surface area contributed by atoms with Crippen LogP contribution < -0.4 is 34.4 Å². The maximum Gasteiger partial charge on any atom is 0.176 e. The molecular formula is C24H48N6O12. The molecule has 0 spiro atoms. The van der Waals surface area contributed by atoms with Crippen LogP contribution in [0.1, 0.15) is 12.8 Å². The van der Waals surface area contributed by atoms with Crippen LogP contribution in [0.2, 0.25) is 0 Å². The molecule has 4 aliphatic rings. The van der Waals surface area contributed by atoms with Gasteiger partial charge in [0.25, 0.3) is 0 Å². The van der Waals surface area contributed by atoms with E-state index in [1.165, 1.54) is 0 Å². The number of hydrogen-bond donors (Lipinski definition) is 13. The third-order valence-corrected chi connectivity index (χ3v) is 8.93. The SMILES string of the molecule is NC[C@@H]1O[C@H](O[C@H]2[C@@H](O)[C@H](C[C@@H]3[C@@H](O)[C@H](N)C[C@H](N)[C@H]3O[C@H]3O[C@H](CN)[C@@H](O)[C@H](O)[C@H]3N)O[C@@H]2CO)[C@H](N)[C@@H](O)[C@@H]1O. The predicted octanol–water partition coefficient (Wildman–Crippen LogP) is -8.23. The number of aliphatic hydroxyl groups excluding tert-OH is 7. The van der Waals surface area contributed by atoms with Gasteiger partial charge in [-0.3, -0.25) is 0 Å². The summed E-state index contributed by atoms with van der Waals surface area (Å²) in [7, 11) is 0. The second-order valence-corrected chi connectivity index (χ2v) is 11.7. The average molecular weight is 613 g/mol. The molecule has 18 heteroatoms. The second-order valence-electron chi connectivity index (χ2n) is 11.7. The third kappa shape index (κ3) is 6.62. The molecular weight excluding hydrogens is 564 g/mol. The quantitative estimate of drug-likeness (QED) is 0.115. The van der Waals surface area contributed by atoms with Crippen molar-refractivity contribution in [2.75, 3.05) is 19.7 Å². The summed E-state index contributed by atoms with van der Waals surface area (Å²) in [4.78, 5) is 0. The lowest BCUT2D eigenvalue weighted by atomic mass is 9.75. The molecule has 246 valence electrons. The maximum absolute atomic E-state index is 11.2. The van der Waals surface area contributed by atoms with Crippen LogP contribution in [0, 0.1) is 5.92 Å². The Morgan fingerprint density at radius 1 is 0.571 bits per heavy atom. The highest BCUT2D eigenvalue weighted by atomic mass is 16.7. The minimum absolute atomic E-state index is 0.0669. The van der Waals surface area contributed by atoms with E-state index >= 15 is 0 Å². The summed E-state index contributed by atoms with van der Waals surface area (Å²) in [5.41, 5.74) is 35.9. The van der Waals surface area contributed by atoms with Crippen LogP contribution in [0.4, 0.5) is 0 Å². The van der Waals surface area contributed by atoms with Gasteiger partial charge in [0, 0.05) is 31.1 Å². The molecule has 18 nitrogen and oxygen atoms in total. The molecule has 4 rings (SSSR count). The van der Waals surface area contributed by atoms with E-state index < -0.39 is 123 Å². The normalized spacial score (nSPS) is 53.8. The molecule has 3 saturated heterocycles. The van der Waals surface area contributed by atoms with Crippen LogP contribution in [0.25, 0.3) is 0 Å². The van der Waals surface area contributed by atoms with Crippen LogP contribution in [0.5, 0.6) is 0 Å². The molecule has 0 radical (unpaired) electrons. The second kappa shape index (κ2) is 14.1. The topological polar surface area (TPSA) is 344 Å². The van der Waals surface area contributed by atoms with Gasteiger partial charge >= 0.3 is 0 Å². The van der Waals surface area contributed by atoms with Gasteiger partial charge in [-0.1, -0.05) is 0 Å². The molecule has 0 unspecified atom stereocenters. The minimum Gasteiger partial charge on any atom is -0.394 e. The van der Waals surface area contributed by atoms with E-state index in [1.54, 1.807) is 0 Å². The van der Waals surface area contributed by atoms with Gasteiger partial charge in [0.15, 0.2) is 12.6 Å². The Morgan fingerprint density at radius 3 is 1.55 bits per heavy atom. The molecule has 42 heavy (non-hydrogen) atoms. The molecule has 0 aromatic heterocycles. The van der Waals surface area contributed by atoms with E-state index in [9.17, 15) is 35.7 Å². The summed E-state index contributed by atoms with van der Waals surface area (Å²) in [5.74, 6) is -0.843. The number of ether oxygens (including phenoxy) is 5. The van der Waals surface area contributed by atoms with Gasteiger partial charge < -0.3 is 93.8 Å². The van der Waals surface area contributed by atoms with Gasteiger partial charge in [-0.25, -0.2) is 0 Å². The highest BCUT2D eigenvalue weighted by Gasteiger charge is 2.53. The van der Waals surface area contributed by atoms with Crippen molar-refractivity contribution in [3.05, 3.63) is 0 Å². The molecule has 3 aliphatic heterocycles. The van der Waals surface area contributed by atoms with Crippen LogP contribution in [-0.2, 0) is 23.7 Å². The fourth-order valence-corrected chi connectivity index (χ4v) is 6.33. The van der Waals surface area contributed by atoms with Crippen molar-refractivity contribution >= 4 is 0 Å². The monoisotopic (exact) mass is 612 g/mol. The Kier molecular flexibility index (Phi) is 11.5. The fourth-order valence-electron chi connectivity index (χ4n) is 6.33. The standard InChI is InChI=1S/C24H48N6O12/c25-3-10-16(33)19(36)13(29)23(39-10)41-21-6(15(32)7(27)2-8(21)28)1-9-18(35)22(12(5-31)38-9)42-24-14(30)20(37)17(34)11(4-26)40-24/h6-24,31-37H,1-5,25-30H2/t6-,7-,8+,9+,10-,11+,12-,13-,14-,15-,16-,17-,18+,19-,20-,21+,22-,23-,24-/m1/s1. The average Bonchev–Trinajstić information content (AvgIpc) is 3.27. The molecule has 1 aliphatic carbocycles. The smallest absolute Gasteiger partial charge is 0.176 e. The Morgan fingerprint density at radius 2 is 1.07 bits per heavy atom. The Bertz CT molecular complexity index is 867. The largest absolute Gasteiger partial charge is 0.394 e. The van der Waals surface area contributed by atoms with E-state index in [-0.39, 0.29) is 25.9 Å². The summed E-state index contributed by atoms with van der Waals surface area (Å²) in [6.07, 6.45) is -16.7. The van der Waals surface area contributed by atoms with Crippen molar-refractivity contribution in [3.63, 3.8) is 0 Å². The van der Waals surface area contributed by atoms with Crippen LogP contribution >= 0.6 is 0 Å². The number of nitrogens with two attached hydrogens (primary N) is 6. The molecule has 19 atom stereocenters. The van der Waals surface area contributed by atoms with Crippen LogP contribution in [-0.4, -0.2) is 165 Å². The Balaban J connectivity index is 1.50. The lowest BCUT2D eigenvalue weighted by molar-refractivity contribution is -0.284. The summed E-state index contributed by atoms with van der Waals surface area (Å²) >= 11 is 0. The van der Waals surface area contributed by atoms with Gasteiger partial charge in [0.05, 0.1) is 37.0 Å². The van der Waals surface area contributed by atoms with E-state index in [0.29, 0.717) is 0 Å². The fraction of sp³-hybridized carbons (Fsp3) is 1.00. The van der Waals surface area contributed by atoms with Crippen molar-refractivity contribution in [2.45, 2.75) is 123 Å². The Labute approximate surface area is 242 Å². The number of aliphatic hydroxyl groups is 7. The molecule has 0 aromatic rings. The van der Waals surface area contributed by atoms with E-state index in [1.807, 2.05) is 0 Å². The van der Waals surface area contributed by atoms with Crippen molar-refractivity contribution < 1.29 is 59.4 Å². The summed E-state index contributed by atoms with van der Waals surface area (Å²) in [6.45, 7) is -0.831. The zero-order valence-corrected chi connectivity index (χ0v) is 23.1. The third-order valence-electron chi connectivity index (χ3n) is 8.93. The van der Waals surface area contributed by atoms with Crippen molar-refractivity contribution in [1.29, 1.82) is 0 Å². The number of hydrogen-bond acceptors (Lipinski definition) is 18. The molecule has 1 saturated carbocycles. The maximum atomic E-state index is 11.2. The first-order valence-electron chi connectivity index (χ1n) is 14.2. The van der Waals surface area contributed by atoms with Crippen LogP contribution in [0.3, 0.4) is 0 Å². The van der Waals surface area contributed by atoms with E-state index in [4.69, 9.17) is 58.1 Å². The zero-order chi connectivity index (χ0) is 31.0. The zero-order valence-electron chi connectivity index (χ0n) is 23.1. The van der Waals surface area contributed by atoms with Gasteiger partial charge in [-0.2, -0.15) is 0 Å². The summed E-state index contributed by atoms with van der Waals surface area (Å²) in [6, 6.07) is -3.84. The summed E-state index contributed by atoms with van der Waals surface area (Å²) in [5, 5.41) is 73.4. The first kappa shape index (κ1) is 34.2. The number of rotatable bonds is 9. The van der Waals surface area contributed by atoms with E-state index in [0.717, 1.165) is 0 Å².